The minimum atomic E-state index is -0.00397. The topological polar surface area (TPSA) is 69.2 Å². The molecule has 2 N–H and O–H groups in total. The molecule has 1 aliphatic rings. The van der Waals surface area contributed by atoms with Crippen molar-refractivity contribution in [3.63, 3.8) is 0 Å². The van der Waals surface area contributed by atoms with Gasteiger partial charge in [0.25, 0.3) is 0 Å². The lowest BCUT2D eigenvalue weighted by molar-refractivity contribution is -0.127. The zero-order chi connectivity index (χ0) is 19.4. The Morgan fingerprint density at radius 3 is 2.44 bits per heavy atom. The highest BCUT2D eigenvalue weighted by Gasteiger charge is 2.27. The Labute approximate surface area is 182 Å². The van der Waals surface area contributed by atoms with Gasteiger partial charge in [-0.1, -0.05) is 6.42 Å². The van der Waals surface area contributed by atoms with Crippen LogP contribution in [0.2, 0.25) is 0 Å². The number of carbonyl (C=O) groups is 1. The molecule has 1 amide bonds. The standard InChI is InChI=1S/C19H39N5O2.HI/c1-6-26-14-10-11-20-18(21-15-17(25)23(4)5)22-16-19(2,3)24-12-8-7-9-13-24;/h6-16H2,1-5H3,(H2,20,21,22);1H. The van der Waals surface area contributed by atoms with Crippen LogP contribution in [0.1, 0.15) is 46.5 Å². The van der Waals surface area contributed by atoms with Crippen LogP contribution >= 0.6 is 24.0 Å². The fourth-order valence-electron chi connectivity index (χ4n) is 2.90. The first-order valence-corrected chi connectivity index (χ1v) is 9.92. The Hall–Kier alpha value is -0.610. The van der Waals surface area contributed by atoms with E-state index in [-0.39, 0.29) is 42.0 Å². The molecule has 8 heteroatoms. The maximum Gasteiger partial charge on any atom is 0.243 e. The smallest absolute Gasteiger partial charge is 0.243 e. The van der Waals surface area contributed by atoms with Gasteiger partial charge < -0.3 is 20.3 Å². The van der Waals surface area contributed by atoms with E-state index in [2.05, 4.69) is 34.4 Å². The van der Waals surface area contributed by atoms with Crippen molar-refractivity contribution in [2.45, 2.75) is 52.0 Å². The number of halogens is 1. The molecule has 0 aromatic carbocycles. The number of likely N-dealkylation sites (N-methyl/N-ethyl adjacent to an activating group) is 1. The number of aliphatic imine (C=N–C) groups is 1. The summed E-state index contributed by atoms with van der Waals surface area (Å²) in [7, 11) is 3.50. The molecule has 0 atom stereocenters. The molecule has 1 aliphatic heterocycles. The predicted octanol–water partition coefficient (Wildman–Crippen LogP) is 1.92. The largest absolute Gasteiger partial charge is 0.382 e. The van der Waals surface area contributed by atoms with Crippen LogP contribution in [0.4, 0.5) is 0 Å². The van der Waals surface area contributed by atoms with E-state index in [1.54, 1.807) is 19.0 Å². The number of amides is 1. The average Bonchev–Trinajstić information content (AvgIpc) is 2.63. The van der Waals surface area contributed by atoms with Crippen LogP contribution in [0.25, 0.3) is 0 Å². The second-order valence-corrected chi connectivity index (χ2v) is 7.64. The zero-order valence-electron chi connectivity index (χ0n) is 17.8. The molecule has 7 nitrogen and oxygen atoms in total. The lowest BCUT2D eigenvalue weighted by atomic mass is 9.98. The molecular formula is C19H40IN5O2. The van der Waals surface area contributed by atoms with Gasteiger partial charge in [-0.3, -0.25) is 9.69 Å². The van der Waals surface area contributed by atoms with E-state index in [0.717, 1.165) is 45.8 Å². The molecule has 1 heterocycles. The Kier molecular flexibility index (Phi) is 14.1. The van der Waals surface area contributed by atoms with Gasteiger partial charge in [0.1, 0.15) is 6.54 Å². The van der Waals surface area contributed by atoms with E-state index >= 15 is 0 Å². The van der Waals surface area contributed by atoms with E-state index in [1.807, 2.05) is 6.92 Å². The SMILES string of the molecule is CCOCCCNC(=NCC(=O)N(C)C)NCC(C)(C)N1CCCCC1.I. The number of hydrogen-bond acceptors (Lipinski definition) is 4. The lowest BCUT2D eigenvalue weighted by Gasteiger charge is -2.41. The number of ether oxygens (including phenoxy) is 1. The van der Waals surface area contributed by atoms with Gasteiger partial charge >= 0.3 is 0 Å². The number of piperidine rings is 1. The van der Waals surface area contributed by atoms with Crippen LogP contribution in [0, 0.1) is 0 Å². The summed E-state index contributed by atoms with van der Waals surface area (Å²) in [5.74, 6) is 0.692. The third-order valence-corrected chi connectivity index (χ3v) is 4.73. The van der Waals surface area contributed by atoms with Crippen molar-refractivity contribution in [3.05, 3.63) is 0 Å². The summed E-state index contributed by atoms with van der Waals surface area (Å²) < 4.78 is 5.37. The fraction of sp³-hybridized carbons (Fsp3) is 0.895. The van der Waals surface area contributed by atoms with Crippen LogP contribution in [0.15, 0.2) is 4.99 Å². The van der Waals surface area contributed by atoms with Crippen molar-refractivity contribution in [1.29, 1.82) is 0 Å². The Morgan fingerprint density at radius 1 is 1.19 bits per heavy atom. The molecule has 0 saturated carbocycles. The molecule has 0 bridgehead atoms. The van der Waals surface area contributed by atoms with Crippen molar-refractivity contribution in [2.24, 2.45) is 4.99 Å². The van der Waals surface area contributed by atoms with E-state index < -0.39 is 0 Å². The maximum atomic E-state index is 11.8. The molecule has 27 heavy (non-hydrogen) atoms. The molecule has 0 aromatic rings. The molecule has 0 unspecified atom stereocenters. The quantitative estimate of drug-likeness (QED) is 0.209. The van der Waals surface area contributed by atoms with Gasteiger partial charge in [-0.2, -0.15) is 0 Å². The molecule has 0 radical (unpaired) electrons. The van der Waals surface area contributed by atoms with Crippen molar-refractivity contribution in [1.82, 2.24) is 20.4 Å². The predicted molar refractivity (Wildman–Crippen MR) is 123 cm³/mol. The first kappa shape index (κ1) is 26.4. The van der Waals surface area contributed by atoms with E-state index in [1.165, 1.54) is 19.3 Å². The van der Waals surface area contributed by atoms with Gasteiger partial charge in [0.05, 0.1) is 0 Å². The lowest BCUT2D eigenvalue weighted by Crippen LogP contribution is -2.55. The molecule has 1 rings (SSSR count). The number of nitrogens with one attached hydrogen (secondary N) is 2. The van der Waals surface area contributed by atoms with Gasteiger partial charge in [0.15, 0.2) is 5.96 Å². The number of carbonyl (C=O) groups excluding carboxylic acids is 1. The number of guanidine groups is 1. The summed E-state index contributed by atoms with van der Waals surface area (Å²) in [6.45, 7) is 12.0. The molecular weight excluding hydrogens is 457 g/mol. The summed E-state index contributed by atoms with van der Waals surface area (Å²) in [4.78, 5) is 20.4. The summed E-state index contributed by atoms with van der Waals surface area (Å²) in [5.41, 5.74) is 0.0553. The minimum absolute atomic E-state index is 0. The van der Waals surface area contributed by atoms with Gasteiger partial charge in [0.2, 0.25) is 5.91 Å². The number of hydrogen-bond donors (Lipinski definition) is 2. The van der Waals surface area contributed by atoms with Crippen molar-refractivity contribution < 1.29 is 9.53 Å². The molecule has 1 fully saturated rings. The Morgan fingerprint density at radius 2 is 1.85 bits per heavy atom. The summed E-state index contributed by atoms with van der Waals surface area (Å²) in [6.07, 6.45) is 4.79. The normalized spacial score (nSPS) is 15.8. The zero-order valence-corrected chi connectivity index (χ0v) is 20.2. The van der Waals surface area contributed by atoms with Gasteiger partial charge in [0, 0.05) is 45.9 Å². The molecule has 160 valence electrons. The Bertz CT molecular complexity index is 438. The highest BCUT2D eigenvalue weighted by atomic mass is 127. The highest BCUT2D eigenvalue weighted by molar-refractivity contribution is 14.0. The van der Waals surface area contributed by atoms with Crippen molar-refractivity contribution in [3.8, 4) is 0 Å². The van der Waals surface area contributed by atoms with E-state index in [9.17, 15) is 4.79 Å². The van der Waals surface area contributed by atoms with Crippen molar-refractivity contribution >= 4 is 35.8 Å². The van der Waals surface area contributed by atoms with Crippen LogP contribution in [-0.4, -0.2) is 87.2 Å². The van der Waals surface area contributed by atoms with Gasteiger partial charge in [-0.15, -0.1) is 24.0 Å². The maximum absolute atomic E-state index is 11.8. The average molecular weight is 497 g/mol. The first-order chi connectivity index (χ1) is 12.4. The number of rotatable bonds is 10. The van der Waals surface area contributed by atoms with Gasteiger partial charge in [-0.25, -0.2) is 4.99 Å². The molecule has 0 spiro atoms. The second kappa shape index (κ2) is 14.4. The highest BCUT2D eigenvalue weighted by Crippen LogP contribution is 2.19. The minimum Gasteiger partial charge on any atom is -0.382 e. The van der Waals surface area contributed by atoms with Crippen LogP contribution < -0.4 is 10.6 Å². The second-order valence-electron chi connectivity index (χ2n) is 7.64. The van der Waals surface area contributed by atoms with Crippen molar-refractivity contribution in [2.75, 3.05) is 60.0 Å². The summed E-state index contributed by atoms with van der Waals surface area (Å²) in [5, 5.41) is 6.75. The molecule has 0 aliphatic carbocycles. The number of likely N-dealkylation sites (tertiary alicyclic amines) is 1. The Balaban J connectivity index is 0.00000676. The molecule has 0 aromatic heterocycles. The van der Waals surface area contributed by atoms with Crippen LogP contribution in [0.3, 0.4) is 0 Å². The number of nitrogens with zero attached hydrogens (tertiary/aromatic N) is 3. The van der Waals surface area contributed by atoms with Gasteiger partial charge in [-0.05, 0) is 53.1 Å². The van der Waals surface area contributed by atoms with Crippen LogP contribution in [-0.2, 0) is 9.53 Å². The monoisotopic (exact) mass is 497 g/mol. The summed E-state index contributed by atoms with van der Waals surface area (Å²) >= 11 is 0. The third kappa shape index (κ3) is 11.1. The first-order valence-electron chi connectivity index (χ1n) is 9.92. The fourth-order valence-corrected chi connectivity index (χ4v) is 2.90. The van der Waals surface area contributed by atoms with Crippen LogP contribution in [0.5, 0.6) is 0 Å². The third-order valence-electron chi connectivity index (χ3n) is 4.73. The molecule has 1 saturated heterocycles. The van der Waals surface area contributed by atoms with E-state index in [0.29, 0.717) is 5.96 Å². The van der Waals surface area contributed by atoms with E-state index in [4.69, 9.17) is 4.74 Å². The summed E-state index contributed by atoms with van der Waals surface area (Å²) in [6, 6.07) is 0.